The number of imidazole rings is 1. The molecule has 0 saturated heterocycles. The highest BCUT2D eigenvalue weighted by Gasteiger charge is 2.02. The lowest BCUT2D eigenvalue weighted by Gasteiger charge is -2.01. The number of aromatic nitrogens is 3. The monoisotopic (exact) mass is 271 g/mol. The average molecular weight is 271 g/mol. The summed E-state index contributed by atoms with van der Waals surface area (Å²) < 4.78 is 7.12. The predicted octanol–water partition coefficient (Wildman–Crippen LogP) is 3.03. The molecule has 3 aromatic rings. The van der Waals surface area contributed by atoms with Crippen molar-refractivity contribution in [2.24, 2.45) is 0 Å². The van der Waals surface area contributed by atoms with Crippen LogP contribution >= 0.6 is 11.8 Å². The summed E-state index contributed by atoms with van der Waals surface area (Å²) in [5, 5.41) is 1.00. The van der Waals surface area contributed by atoms with Crippen LogP contribution in [0.4, 0.5) is 0 Å². The van der Waals surface area contributed by atoms with Crippen LogP contribution in [0.1, 0.15) is 5.56 Å². The summed E-state index contributed by atoms with van der Waals surface area (Å²) in [4.78, 5) is 8.56. The highest BCUT2D eigenvalue weighted by Crippen LogP contribution is 2.23. The number of hydrogen-bond donors (Lipinski definition) is 0. The second kappa shape index (κ2) is 5.32. The van der Waals surface area contributed by atoms with Gasteiger partial charge in [-0.2, -0.15) is 0 Å². The van der Waals surface area contributed by atoms with Crippen LogP contribution in [0, 0.1) is 0 Å². The normalized spacial score (nSPS) is 10.8. The van der Waals surface area contributed by atoms with Crippen LogP contribution in [0.3, 0.4) is 0 Å². The van der Waals surface area contributed by atoms with Crippen LogP contribution in [-0.4, -0.2) is 21.5 Å². The molecule has 1 aromatic carbocycles. The first kappa shape index (κ1) is 12.0. The van der Waals surface area contributed by atoms with E-state index in [1.165, 1.54) is 5.56 Å². The Morgan fingerprint density at radius 3 is 2.84 bits per heavy atom. The third-order valence-electron chi connectivity index (χ3n) is 2.79. The lowest BCUT2D eigenvalue weighted by Crippen LogP contribution is -1.84. The fourth-order valence-electron chi connectivity index (χ4n) is 1.77. The minimum atomic E-state index is 0.875. The molecule has 0 amide bonds. The Labute approximate surface area is 115 Å². The lowest BCUT2D eigenvalue weighted by molar-refractivity contribution is 0.414. The first-order valence-electron chi connectivity index (χ1n) is 5.89. The van der Waals surface area contributed by atoms with Crippen LogP contribution < -0.4 is 4.74 Å². The molecule has 0 aliphatic rings. The summed E-state index contributed by atoms with van der Waals surface area (Å²) in [5.74, 6) is 1.77. The molecule has 5 heteroatoms. The van der Waals surface area contributed by atoms with E-state index in [1.807, 2.05) is 28.9 Å². The number of benzene rings is 1. The molecule has 0 fully saturated rings. The van der Waals surface area contributed by atoms with E-state index in [0.29, 0.717) is 0 Å². The molecule has 0 atom stereocenters. The van der Waals surface area contributed by atoms with Crippen molar-refractivity contribution in [1.29, 1.82) is 0 Å². The Morgan fingerprint density at radius 2 is 2.11 bits per heavy atom. The highest BCUT2D eigenvalue weighted by molar-refractivity contribution is 7.98. The van der Waals surface area contributed by atoms with Crippen molar-refractivity contribution in [2.75, 3.05) is 7.11 Å². The Kier molecular flexibility index (Phi) is 3.37. The molecule has 0 aliphatic heterocycles. The highest BCUT2D eigenvalue weighted by atomic mass is 32.2. The topological polar surface area (TPSA) is 39.4 Å². The summed E-state index contributed by atoms with van der Waals surface area (Å²) in [5.41, 5.74) is 2.13. The third-order valence-corrected chi connectivity index (χ3v) is 3.76. The fraction of sp³-hybridized carbons (Fsp3) is 0.143. The smallest absolute Gasteiger partial charge is 0.156 e. The van der Waals surface area contributed by atoms with Gasteiger partial charge in [0.1, 0.15) is 10.8 Å². The van der Waals surface area contributed by atoms with Gasteiger partial charge in [-0.3, -0.25) is 4.98 Å². The SMILES string of the molecule is COc1ccc(CSc2cn3ccncc3n2)cc1. The van der Waals surface area contributed by atoms with Crippen LogP contribution in [-0.2, 0) is 5.75 Å². The fourth-order valence-corrected chi connectivity index (χ4v) is 2.62. The molecule has 0 unspecified atom stereocenters. The minimum Gasteiger partial charge on any atom is -0.497 e. The third kappa shape index (κ3) is 2.71. The molecule has 0 bridgehead atoms. The molecule has 2 heterocycles. The quantitative estimate of drug-likeness (QED) is 0.684. The maximum atomic E-state index is 5.14. The molecular formula is C14H13N3OS. The summed E-state index contributed by atoms with van der Waals surface area (Å²) in [6.45, 7) is 0. The molecule has 96 valence electrons. The van der Waals surface area contributed by atoms with Crippen molar-refractivity contribution in [3.63, 3.8) is 0 Å². The van der Waals surface area contributed by atoms with Crippen molar-refractivity contribution >= 4 is 17.4 Å². The van der Waals surface area contributed by atoms with Crippen molar-refractivity contribution in [3.8, 4) is 5.75 Å². The summed E-state index contributed by atoms with van der Waals surface area (Å²) in [6.07, 6.45) is 7.44. The Morgan fingerprint density at radius 1 is 1.26 bits per heavy atom. The number of rotatable bonds is 4. The zero-order valence-electron chi connectivity index (χ0n) is 10.5. The molecule has 2 aromatic heterocycles. The number of thioether (sulfide) groups is 1. The van der Waals surface area contributed by atoms with E-state index in [0.717, 1.165) is 22.2 Å². The van der Waals surface area contributed by atoms with Crippen molar-refractivity contribution in [1.82, 2.24) is 14.4 Å². The van der Waals surface area contributed by atoms with Gasteiger partial charge < -0.3 is 9.14 Å². The standard InChI is InChI=1S/C14H13N3OS/c1-18-12-4-2-11(3-5-12)10-19-14-9-17-7-6-15-8-13(17)16-14/h2-9H,10H2,1H3. The molecule has 0 N–H and O–H groups in total. The van der Waals surface area contributed by atoms with Crippen LogP contribution in [0.2, 0.25) is 0 Å². The zero-order valence-corrected chi connectivity index (χ0v) is 11.3. The second-order valence-electron chi connectivity index (χ2n) is 4.06. The van der Waals surface area contributed by atoms with Crippen molar-refractivity contribution in [3.05, 3.63) is 54.6 Å². The van der Waals surface area contributed by atoms with E-state index in [9.17, 15) is 0 Å². The maximum Gasteiger partial charge on any atom is 0.156 e. The van der Waals surface area contributed by atoms with E-state index in [2.05, 4.69) is 22.1 Å². The van der Waals surface area contributed by atoms with E-state index in [-0.39, 0.29) is 0 Å². The molecule has 3 rings (SSSR count). The Hall–Kier alpha value is -2.01. The predicted molar refractivity (Wildman–Crippen MR) is 75.5 cm³/mol. The number of ether oxygens (including phenoxy) is 1. The van der Waals surface area contributed by atoms with Gasteiger partial charge in [-0.1, -0.05) is 12.1 Å². The van der Waals surface area contributed by atoms with Crippen molar-refractivity contribution < 1.29 is 4.74 Å². The molecule has 0 saturated carbocycles. The molecule has 0 radical (unpaired) electrons. The van der Waals surface area contributed by atoms with E-state index < -0.39 is 0 Å². The number of fused-ring (bicyclic) bond motifs is 1. The van der Waals surface area contributed by atoms with Gasteiger partial charge in [0.15, 0.2) is 5.65 Å². The maximum absolute atomic E-state index is 5.14. The van der Waals surface area contributed by atoms with Gasteiger partial charge in [-0.05, 0) is 17.7 Å². The van der Waals surface area contributed by atoms with Gasteiger partial charge in [0, 0.05) is 24.3 Å². The van der Waals surface area contributed by atoms with Crippen LogP contribution in [0.25, 0.3) is 5.65 Å². The first-order valence-corrected chi connectivity index (χ1v) is 6.88. The van der Waals surface area contributed by atoms with Crippen molar-refractivity contribution in [2.45, 2.75) is 10.8 Å². The Balaban J connectivity index is 1.70. The summed E-state index contributed by atoms with van der Waals surface area (Å²) >= 11 is 1.71. The number of hydrogen-bond acceptors (Lipinski definition) is 4. The molecular weight excluding hydrogens is 258 g/mol. The molecule has 19 heavy (non-hydrogen) atoms. The van der Waals surface area contributed by atoms with Gasteiger partial charge in [-0.15, -0.1) is 11.8 Å². The van der Waals surface area contributed by atoms with Gasteiger partial charge in [0.25, 0.3) is 0 Å². The van der Waals surface area contributed by atoms with Gasteiger partial charge in [-0.25, -0.2) is 4.98 Å². The van der Waals surface area contributed by atoms with Gasteiger partial charge in [0.05, 0.1) is 13.3 Å². The molecule has 0 aliphatic carbocycles. The number of nitrogens with zero attached hydrogens (tertiary/aromatic N) is 3. The van der Waals surface area contributed by atoms with Gasteiger partial charge in [0.2, 0.25) is 0 Å². The average Bonchev–Trinajstić information content (AvgIpc) is 2.88. The largest absolute Gasteiger partial charge is 0.497 e. The Bertz CT molecular complexity index is 645. The van der Waals surface area contributed by atoms with E-state index in [4.69, 9.17) is 4.74 Å². The van der Waals surface area contributed by atoms with Gasteiger partial charge >= 0.3 is 0 Å². The van der Waals surface area contributed by atoms with Crippen LogP contribution in [0.15, 0.2) is 54.1 Å². The lowest BCUT2D eigenvalue weighted by atomic mass is 10.2. The van der Waals surface area contributed by atoms with Crippen LogP contribution in [0.5, 0.6) is 5.75 Å². The molecule has 4 nitrogen and oxygen atoms in total. The second-order valence-corrected chi connectivity index (χ2v) is 5.05. The zero-order chi connectivity index (χ0) is 13.1. The van der Waals surface area contributed by atoms with E-state index >= 15 is 0 Å². The summed E-state index contributed by atoms with van der Waals surface area (Å²) in [7, 11) is 1.68. The number of methoxy groups -OCH3 is 1. The summed E-state index contributed by atoms with van der Waals surface area (Å²) in [6, 6.07) is 8.10. The first-order chi connectivity index (χ1) is 9.35. The van der Waals surface area contributed by atoms with E-state index in [1.54, 1.807) is 31.3 Å². The minimum absolute atomic E-state index is 0.875. The molecule has 0 spiro atoms.